The molecule has 1 N–H and O–H groups in total. The first-order valence-corrected chi connectivity index (χ1v) is 11.3. The van der Waals surface area contributed by atoms with Crippen molar-refractivity contribution in [1.29, 1.82) is 0 Å². The highest BCUT2D eigenvalue weighted by molar-refractivity contribution is 7.89. The van der Waals surface area contributed by atoms with Crippen LogP contribution >= 0.6 is 11.6 Å². The number of para-hydroxylation sites is 1. The fourth-order valence-electron chi connectivity index (χ4n) is 3.56. The van der Waals surface area contributed by atoms with Gasteiger partial charge in [0.25, 0.3) is 0 Å². The van der Waals surface area contributed by atoms with Crippen molar-refractivity contribution in [2.75, 3.05) is 20.2 Å². The van der Waals surface area contributed by atoms with Gasteiger partial charge in [-0.2, -0.15) is 4.31 Å². The van der Waals surface area contributed by atoms with E-state index in [1.807, 2.05) is 31.2 Å². The topological polar surface area (TPSA) is 75.7 Å². The van der Waals surface area contributed by atoms with Crippen LogP contribution in [0.25, 0.3) is 0 Å². The number of piperidine rings is 1. The van der Waals surface area contributed by atoms with E-state index in [1.165, 1.54) is 16.4 Å². The van der Waals surface area contributed by atoms with Gasteiger partial charge in [-0.1, -0.05) is 29.8 Å². The van der Waals surface area contributed by atoms with E-state index in [0.29, 0.717) is 30.2 Å². The monoisotopic (exact) mass is 436 g/mol. The second kappa shape index (κ2) is 9.15. The molecule has 0 spiro atoms. The largest absolute Gasteiger partial charge is 0.496 e. The van der Waals surface area contributed by atoms with Crippen molar-refractivity contribution in [1.82, 2.24) is 9.62 Å². The highest BCUT2D eigenvalue weighted by Crippen LogP contribution is 2.27. The lowest BCUT2D eigenvalue weighted by Gasteiger charge is -2.32. The molecular weight excluding hydrogens is 412 g/mol. The van der Waals surface area contributed by atoms with E-state index in [2.05, 4.69) is 5.32 Å². The summed E-state index contributed by atoms with van der Waals surface area (Å²) in [6, 6.07) is 13.4. The third-order valence-electron chi connectivity index (χ3n) is 5.17. The van der Waals surface area contributed by atoms with Gasteiger partial charge in [-0.05, 0) is 50.1 Å². The molecule has 1 amide bonds. The number of halogens is 1. The van der Waals surface area contributed by atoms with Crippen LogP contribution in [0.2, 0.25) is 5.02 Å². The first-order valence-electron chi connectivity index (χ1n) is 9.52. The predicted molar refractivity (Wildman–Crippen MR) is 112 cm³/mol. The zero-order valence-electron chi connectivity index (χ0n) is 16.5. The molecule has 0 bridgehead atoms. The summed E-state index contributed by atoms with van der Waals surface area (Å²) in [5.74, 6) is 0.151. The van der Waals surface area contributed by atoms with Gasteiger partial charge in [0.05, 0.1) is 24.0 Å². The summed E-state index contributed by atoms with van der Waals surface area (Å²) in [5.41, 5.74) is 0.879. The minimum atomic E-state index is -3.66. The molecule has 0 radical (unpaired) electrons. The fraction of sp³-hybridized carbons (Fsp3) is 0.381. The molecule has 2 atom stereocenters. The Labute approximate surface area is 176 Å². The van der Waals surface area contributed by atoms with Crippen LogP contribution in [0, 0.1) is 5.92 Å². The summed E-state index contributed by atoms with van der Waals surface area (Å²) in [7, 11) is -2.07. The summed E-state index contributed by atoms with van der Waals surface area (Å²) in [4.78, 5) is 13.0. The smallest absolute Gasteiger partial charge is 0.243 e. The number of amides is 1. The molecule has 8 heteroatoms. The van der Waals surface area contributed by atoms with Crippen LogP contribution in [-0.2, 0) is 14.8 Å². The zero-order chi connectivity index (χ0) is 21.0. The van der Waals surface area contributed by atoms with E-state index < -0.39 is 15.9 Å². The molecule has 3 rings (SSSR count). The first kappa shape index (κ1) is 21.6. The second-order valence-electron chi connectivity index (χ2n) is 7.13. The summed E-state index contributed by atoms with van der Waals surface area (Å²) < 4.78 is 32.6. The standard InChI is InChI=1S/C21H25ClN2O4S/c1-15(19-7-3-4-8-20(19)28-2)23-21(25)16-6-5-13-24(14-16)29(26,27)18-11-9-17(22)10-12-18/h3-4,7-12,15-16H,5-6,13-14H2,1-2H3,(H,23,25)/t15-,16+/m1/s1. The van der Waals surface area contributed by atoms with Gasteiger partial charge in [-0.25, -0.2) is 8.42 Å². The Bertz CT molecular complexity index is 963. The van der Waals surface area contributed by atoms with Crippen LogP contribution in [0.15, 0.2) is 53.4 Å². The van der Waals surface area contributed by atoms with E-state index in [0.717, 1.165) is 5.56 Å². The molecule has 156 valence electrons. The van der Waals surface area contributed by atoms with Crippen LogP contribution in [0.1, 0.15) is 31.4 Å². The van der Waals surface area contributed by atoms with Gasteiger partial charge in [0.1, 0.15) is 5.75 Å². The molecule has 0 saturated carbocycles. The Kier molecular flexibility index (Phi) is 6.82. The number of benzene rings is 2. The van der Waals surface area contributed by atoms with Gasteiger partial charge in [-0.3, -0.25) is 4.79 Å². The maximum Gasteiger partial charge on any atom is 0.243 e. The molecule has 1 saturated heterocycles. The number of hydrogen-bond acceptors (Lipinski definition) is 4. The summed E-state index contributed by atoms with van der Waals surface area (Å²) in [6.07, 6.45) is 1.28. The molecule has 2 aromatic carbocycles. The maximum atomic E-state index is 12.9. The van der Waals surface area contributed by atoms with Crippen LogP contribution in [0.4, 0.5) is 0 Å². The molecule has 2 aromatic rings. The van der Waals surface area contributed by atoms with Crippen molar-refractivity contribution in [3.8, 4) is 5.75 Å². The molecular formula is C21H25ClN2O4S. The molecule has 1 heterocycles. The lowest BCUT2D eigenvalue weighted by atomic mass is 9.97. The van der Waals surface area contributed by atoms with Gasteiger partial charge in [0.2, 0.25) is 15.9 Å². The Morgan fingerprint density at radius 2 is 1.90 bits per heavy atom. The fourth-order valence-corrected chi connectivity index (χ4v) is 5.21. The number of rotatable bonds is 6. The predicted octanol–water partition coefficient (Wildman–Crippen LogP) is 3.63. The Balaban J connectivity index is 1.70. The number of hydrogen-bond donors (Lipinski definition) is 1. The van der Waals surface area contributed by atoms with Gasteiger partial charge in [0, 0.05) is 23.7 Å². The summed E-state index contributed by atoms with van der Waals surface area (Å²) in [5, 5.41) is 3.48. The average Bonchev–Trinajstić information content (AvgIpc) is 2.74. The second-order valence-corrected chi connectivity index (χ2v) is 9.50. The van der Waals surface area contributed by atoms with E-state index >= 15 is 0 Å². The molecule has 0 aliphatic carbocycles. The number of methoxy groups -OCH3 is 1. The van der Waals surface area contributed by atoms with Crippen molar-refractivity contribution in [3.05, 3.63) is 59.1 Å². The lowest BCUT2D eigenvalue weighted by Crippen LogP contribution is -2.45. The molecule has 29 heavy (non-hydrogen) atoms. The summed E-state index contributed by atoms with van der Waals surface area (Å²) >= 11 is 5.86. The molecule has 1 fully saturated rings. The highest BCUT2D eigenvalue weighted by Gasteiger charge is 2.33. The Morgan fingerprint density at radius 1 is 1.21 bits per heavy atom. The highest BCUT2D eigenvalue weighted by atomic mass is 35.5. The van der Waals surface area contributed by atoms with Crippen LogP contribution in [0.3, 0.4) is 0 Å². The van der Waals surface area contributed by atoms with Crippen molar-refractivity contribution < 1.29 is 17.9 Å². The molecule has 1 aliphatic rings. The van der Waals surface area contributed by atoms with Crippen LogP contribution < -0.4 is 10.1 Å². The van der Waals surface area contributed by atoms with Gasteiger partial charge >= 0.3 is 0 Å². The molecule has 1 aliphatic heterocycles. The van der Waals surface area contributed by atoms with Gasteiger partial charge in [0.15, 0.2) is 0 Å². The normalized spacial score (nSPS) is 18.8. The Hall–Kier alpha value is -2.09. The third kappa shape index (κ3) is 4.91. The number of nitrogens with zero attached hydrogens (tertiary/aromatic N) is 1. The summed E-state index contributed by atoms with van der Waals surface area (Å²) in [6.45, 7) is 2.45. The van der Waals surface area contributed by atoms with Crippen molar-refractivity contribution >= 4 is 27.5 Å². The zero-order valence-corrected chi connectivity index (χ0v) is 18.0. The number of nitrogens with one attached hydrogen (secondary N) is 1. The van der Waals surface area contributed by atoms with Crippen LogP contribution in [-0.4, -0.2) is 38.8 Å². The average molecular weight is 437 g/mol. The molecule has 6 nitrogen and oxygen atoms in total. The quantitative estimate of drug-likeness (QED) is 0.750. The van der Waals surface area contributed by atoms with Crippen molar-refractivity contribution in [2.45, 2.75) is 30.7 Å². The number of carbonyl (C=O) groups is 1. The first-order chi connectivity index (χ1) is 13.8. The van der Waals surface area contributed by atoms with Crippen molar-refractivity contribution in [3.63, 3.8) is 0 Å². The van der Waals surface area contributed by atoms with Gasteiger partial charge in [-0.15, -0.1) is 0 Å². The minimum Gasteiger partial charge on any atom is -0.496 e. The Morgan fingerprint density at radius 3 is 2.59 bits per heavy atom. The van der Waals surface area contributed by atoms with Gasteiger partial charge < -0.3 is 10.1 Å². The third-order valence-corrected chi connectivity index (χ3v) is 7.30. The lowest BCUT2D eigenvalue weighted by molar-refractivity contribution is -0.126. The van der Waals surface area contributed by atoms with Crippen molar-refractivity contribution in [2.24, 2.45) is 5.92 Å². The van der Waals surface area contributed by atoms with E-state index in [9.17, 15) is 13.2 Å². The molecule has 0 unspecified atom stereocenters. The van der Waals surface area contributed by atoms with Crippen LogP contribution in [0.5, 0.6) is 5.75 Å². The SMILES string of the molecule is COc1ccccc1[C@@H](C)NC(=O)[C@H]1CCCN(S(=O)(=O)c2ccc(Cl)cc2)C1. The van der Waals surface area contributed by atoms with E-state index in [4.69, 9.17) is 16.3 Å². The van der Waals surface area contributed by atoms with E-state index in [1.54, 1.807) is 19.2 Å². The number of ether oxygens (including phenoxy) is 1. The minimum absolute atomic E-state index is 0.153. The number of carbonyl (C=O) groups excluding carboxylic acids is 1. The maximum absolute atomic E-state index is 12.9. The van der Waals surface area contributed by atoms with E-state index in [-0.39, 0.29) is 23.4 Å². The molecule has 0 aromatic heterocycles. The number of sulfonamides is 1.